The molecule has 3 N–H and O–H groups in total. The Hall–Kier alpha value is -3.19. The van der Waals surface area contributed by atoms with Gasteiger partial charge in [-0.2, -0.15) is 0 Å². The Bertz CT molecular complexity index is 1340. The fraction of sp³-hybridized carbons (Fsp3) is 0.174. The van der Waals surface area contributed by atoms with Crippen LogP contribution in [0, 0.1) is 11.6 Å². The highest BCUT2D eigenvalue weighted by Crippen LogP contribution is 2.41. The zero-order valence-electron chi connectivity index (χ0n) is 18.2. The molecule has 1 unspecified atom stereocenters. The third-order valence-corrected chi connectivity index (χ3v) is 6.43. The summed E-state index contributed by atoms with van der Waals surface area (Å²) in [6, 6.07) is 7.47. The quantitative estimate of drug-likeness (QED) is 0.218. The summed E-state index contributed by atoms with van der Waals surface area (Å²) in [6.07, 6.45) is -5.70. The van der Waals surface area contributed by atoms with E-state index in [-0.39, 0.29) is 49.8 Å². The van der Waals surface area contributed by atoms with E-state index in [2.05, 4.69) is 30.7 Å². The molecule has 3 aromatic rings. The summed E-state index contributed by atoms with van der Waals surface area (Å²) < 4.78 is 80.5. The molecule has 6 nitrogen and oxygen atoms in total. The van der Waals surface area contributed by atoms with Crippen molar-refractivity contribution in [1.29, 1.82) is 0 Å². The Morgan fingerprint density at radius 1 is 1.11 bits per heavy atom. The number of rotatable bonds is 1. The molecule has 3 aromatic carbocycles. The van der Waals surface area contributed by atoms with Crippen LogP contribution in [0.25, 0.3) is 11.1 Å². The number of nitrogens with one attached hydrogen (secondary N) is 2. The van der Waals surface area contributed by atoms with Crippen LogP contribution in [0.4, 0.5) is 27.6 Å². The molecule has 13 heteroatoms. The Labute approximate surface area is 214 Å². The zero-order valence-corrected chi connectivity index (χ0v) is 20.6. The molecular formula is C23H16BrF5N2O4S. The van der Waals surface area contributed by atoms with Crippen LogP contribution >= 0.6 is 27.9 Å². The predicted octanol–water partition coefficient (Wildman–Crippen LogP) is 6.63. The number of phenols is 1. The molecule has 4 rings (SSSR count). The van der Waals surface area contributed by atoms with Crippen molar-refractivity contribution in [2.75, 3.05) is 11.3 Å². The van der Waals surface area contributed by atoms with Gasteiger partial charge in [-0.25, -0.2) is 8.78 Å². The van der Waals surface area contributed by atoms with Crippen LogP contribution in [0.5, 0.6) is 17.2 Å². The second kappa shape index (κ2) is 10.1. The zero-order chi connectivity index (χ0) is 26.2. The second-order valence-electron chi connectivity index (χ2n) is 7.67. The summed E-state index contributed by atoms with van der Waals surface area (Å²) in [7, 11) is 0. The number of hydrogen-bond acceptors (Lipinski definition) is 6. The lowest BCUT2D eigenvalue weighted by molar-refractivity contribution is -0.274. The first-order valence-electron chi connectivity index (χ1n) is 10.2. The number of aromatic hydroxyl groups is 1. The number of carbonyl (C=O) groups excluding carboxylic acids is 1. The number of carbonyl (C=O) groups is 1. The minimum Gasteiger partial charge on any atom is -0.506 e. The summed E-state index contributed by atoms with van der Waals surface area (Å²) in [6.45, 7) is 1.57. The lowest BCUT2D eigenvalue weighted by Gasteiger charge is -2.20. The number of benzene rings is 3. The van der Waals surface area contributed by atoms with Crippen molar-refractivity contribution in [3.05, 3.63) is 64.1 Å². The molecule has 1 amide bonds. The molecule has 0 aliphatic carbocycles. The van der Waals surface area contributed by atoms with Gasteiger partial charge in [-0.15, -0.1) is 13.2 Å². The Balaban J connectivity index is 1.85. The minimum absolute atomic E-state index is 0.0184. The van der Waals surface area contributed by atoms with Gasteiger partial charge in [0.2, 0.25) is 0 Å². The number of alkyl halides is 3. The smallest absolute Gasteiger partial charge is 0.506 e. The van der Waals surface area contributed by atoms with Crippen LogP contribution in [-0.4, -0.2) is 30.0 Å². The molecule has 1 atom stereocenters. The van der Waals surface area contributed by atoms with Crippen LogP contribution in [0.15, 0.2) is 51.8 Å². The van der Waals surface area contributed by atoms with Crippen LogP contribution in [-0.2, 0) is 0 Å². The van der Waals surface area contributed by atoms with Gasteiger partial charge in [-0.1, -0.05) is 0 Å². The Morgan fingerprint density at radius 3 is 2.58 bits per heavy atom. The van der Waals surface area contributed by atoms with Crippen molar-refractivity contribution in [3.8, 4) is 28.4 Å². The van der Waals surface area contributed by atoms with Gasteiger partial charge in [-0.3, -0.25) is 4.79 Å². The lowest BCUT2D eigenvalue weighted by Crippen LogP contribution is -2.33. The van der Waals surface area contributed by atoms with Gasteiger partial charge in [0, 0.05) is 22.8 Å². The lowest BCUT2D eigenvalue weighted by atomic mass is 10.0. The second-order valence-corrected chi connectivity index (χ2v) is 9.37. The SMILES string of the molecule is CC1CNC(=O)c2cc(Br)c(O)c(c2)SNc2cc(c(F)cc2F)-c2cc(OC(F)(F)F)ccc2O1. The monoisotopic (exact) mass is 590 g/mol. The third kappa shape index (κ3) is 5.78. The molecule has 0 saturated carbocycles. The maximum atomic E-state index is 14.9. The van der Waals surface area contributed by atoms with Crippen LogP contribution in [0.2, 0.25) is 0 Å². The average molecular weight is 591 g/mol. The number of amides is 1. The van der Waals surface area contributed by atoms with Gasteiger partial charge in [0.1, 0.15) is 35.0 Å². The van der Waals surface area contributed by atoms with Crippen LogP contribution < -0.4 is 19.5 Å². The third-order valence-electron chi connectivity index (χ3n) is 4.97. The topological polar surface area (TPSA) is 79.8 Å². The maximum Gasteiger partial charge on any atom is 0.573 e. The molecule has 0 aromatic heterocycles. The number of fused-ring (bicyclic) bond motifs is 6. The van der Waals surface area contributed by atoms with E-state index < -0.39 is 35.8 Å². The van der Waals surface area contributed by atoms with Gasteiger partial charge in [0.25, 0.3) is 5.91 Å². The number of phenolic OH excluding ortho intramolecular Hbond substituents is 1. The first-order chi connectivity index (χ1) is 16.9. The Morgan fingerprint density at radius 2 is 1.86 bits per heavy atom. The van der Waals surface area contributed by atoms with Crippen molar-refractivity contribution in [2.45, 2.75) is 24.3 Å². The van der Waals surface area contributed by atoms with Crippen molar-refractivity contribution in [3.63, 3.8) is 0 Å². The number of anilines is 1. The highest BCUT2D eigenvalue weighted by atomic mass is 79.9. The number of hydrogen-bond donors (Lipinski definition) is 3. The first kappa shape index (κ1) is 25.9. The minimum atomic E-state index is -5.00. The van der Waals surface area contributed by atoms with Gasteiger partial charge in [0.15, 0.2) is 0 Å². The molecule has 36 heavy (non-hydrogen) atoms. The fourth-order valence-corrected chi connectivity index (χ4v) is 4.70. The van der Waals surface area contributed by atoms with E-state index in [1.165, 1.54) is 12.1 Å². The first-order valence-corrected chi connectivity index (χ1v) is 11.8. The highest BCUT2D eigenvalue weighted by Gasteiger charge is 2.32. The average Bonchev–Trinajstić information content (AvgIpc) is 2.79. The summed E-state index contributed by atoms with van der Waals surface area (Å²) >= 11 is 3.91. The normalized spacial score (nSPS) is 16.0. The molecule has 1 aliphatic rings. The molecule has 190 valence electrons. The maximum absolute atomic E-state index is 14.9. The van der Waals surface area contributed by atoms with E-state index in [4.69, 9.17) is 4.74 Å². The molecule has 4 bridgehead atoms. The van der Waals surface area contributed by atoms with Crippen molar-refractivity contribution in [2.24, 2.45) is 0 Å². The molecule has 0 radical (unpaired) electrons. The van der Waals surface area contributed by atoms with E-state index in [1.807, 2.05) is 0 Å². The van der Waals surface area contributed by atoms with E-state index in [1.54, 1.807) is 6.92 Å². The molecule has 1 aliphatic heterocycles. The van der Waals surface area contributed by atoms with E-state index in [0.29, 0.717) is 6.07 Å². The van der Waals surface area contributed by atoms with Gasteiger partial charge < -0.3 is 24.6 Å². The van der Waals surface area contributed by atoms with Crippen molar-refractivity contribution < 1.29 is 41.3 Å². The largest absolute Gasteiger partial charge is 0.573 e. The molecule has 0 fully saturated rings. The van der Waals surface area contributed by atoms with Crippen LogP contribution in [0.1, 0.15) is 17.3 Å². The van der Waals surface area contributed by atoms with E-state index in [0.717, 1.165) is 36.2 Å². The van der Waals surface area contributed by atoms with E-state index in [9.17, 15) is 31.9 Å². The summed E-state index contributed by atoms with van der Waals surface area (Å²) in [5, 5.41) is 13.0. The Kier molecular flexibility index (Phi) is 7.23. The fourth-order valence-electron chi connectivity index (χ4n) is 3.34. The molecular weight excluding hydrogens is 575 g/mol. The summed E-state index contributed by atoms with van der Waals surface area (Å²) in [5.74, 6) is -3.45. The summed E-state index contributed by atoms with van der Waals surface area (Å²) in [4.78, 5) is 12.8. The van der Waals surface area contributed by atoms with Gasteiger partial charge in [0.05, 0.1) is 21.6 Å². The molecule has 0 saturated heterocycles. The molecule has 0 spiro atoms. The predicted molar refractivity (Wildman–Crippen MR) is 126 cm³/mol. The standard InChI is InChI=1S/C23H16BrF5N2O4S/c1-10-9-30-22(33)11-4-15(24)21(32)20(5-11)36-31-18-7-13(16(25)8-17(18)26)14-6-12(35-23(27,28)29)2-3-19(14)34-10/h2-8,10,31-32H,9H2,1H3,(H,30,33). The summed E-state index contributed by atoms with van der Waals surface area (Å²) in [5.41, 5.74) is -0.465. The van der Waals surface area contributed by atoms with Crippen molar-refractivity contribution in [1.82, 2.24) is 5.32 Å². The highest BCUT2D eigenvalue weighted by molar-refractivity contribution is 9.10. The van der Waals surface area contributed by atoms with Crippen molar-refractivity contribution >= 4 is 39.5 Å². The molecule has 1 heterocycles. The van der Waals surface area contributed by atoms with Crippen LogP contribution in [0.3, 0.4) is 0 Å². The van der Waals surface area contributed by atoms with Gasteiger partial charge >= 0.3 is 6.36 Å². The van der Waals surface area contributed by atoms with E-state index >= 15 is 0 Å². The van der Waals surface area contributed by atoms with Gasteiger partial charge in [-0.05, 0) is 71.2 Å². The number of ether oxygens (including phenoxy) is 2. The number of halogens is 6.